The molecule has 2 aromatic rings. The lowest BCUT2D eigenvalue weighted by molar-refractivity contribution is 0.176. The molecule has 1 aliphatic carbocycles. The van der Waals surface area contributed by atoms with E-state index in [9.17, 15) is 5.11 Å². The summed E-state index contributed by atoms with van der Waals surface area (Å²) in [5.41, 5.74) is 7.35. The summed E-state index contributed by atoms with van der Waals surface area (Å²) >= 11 is 0. The van der Waals surface area contributed by atoms with E-state index in [1.165, 1.54) is 11.1 Å². The SMILES string of the molecule is Cc1cc(C)c2nc3c(c(C)c2n1)CCC3O. The molecule has 0 fully saturated rings. The van der Waals surface area contributed by atoms with Gasteiger partial charge in [-0.25, -0.2) is 4.98 Å². The monoisotopic (exact) mass is 228 g/mol. The highest BCUT2D eigenvalue weighted by molar-refractivity contribution is 5.82. The van der Waals surface area contributed by atoms with Crippen LogP contribution in [0.25, 0.3) is 11.0 Å². The van der Waals surface area contributed by atoms with Crippen molar-refractivity contribution in [3.05, 3.63) is 34.1 Å². The van der Waals surface area contributed by atoms with E-state index < -0.39 is 6.10 Å². The normalized spacial score (nSPS) is 18.7. The first kappa shape index (κ1) is 10.7. The van der Waals surface area contributed by atoms with E-state index in [-0.39, 0.29) is 0 Å². The Morgan fingerprint density at radius 2 is 1.94 bits per heavy atom. The molecule has 0 aliphatic heterocycles. The third-order valence-electron chi connectivity index (χ3n) is 3.64. The topological polar surface area (TPSA) is 46.0 Å². The van der Waals surface area contributed by atoms with Gasteiger partial charge in [0.15, 0.2) is 0 Å². The van der Waals surface area contributed by atoms with Gasteiger partial charge in [0.1, 0.15) is 0 Å². The van der Waals surface area contributed by atoms with Gasteiger partial charge in [0.2, 0.25) is 0 Å². The van der Waals surface area contributed by atoms with Crippen LogP contribution in [0.4, 0.5) is 0 Å². The summed E-state index contributed by atoms with van der Waals surface area (Å²) in [5.74, 6) is 0. The third kappa shape index (κ3) is 1.46. The number of aliphatic hydroxyl groups excluding tert-OH is 1. The quantitative estimate of drug-likeness (QED) is 0.753. The lowest BCUT2D eigenvalue weighted by atomic mass is 10.0. The summed E-state index contributed by atoms with van der Waals surface area (Å²) in [5, 5.41) is 9.93. The second-order valence-corrected chi connectivity index (χ2v) is 4.93. The molecule has 2 heterocycles. The minimum atomic E-state index is -0.395. The minimum absolute atomic E-state index is 0.395. The van der Waals surface area contributed by atoms with E-state index in [0.29, 0.717) is 0 Å². The maximum atomic E-state index is 9.93. The molecule has 0 bridgehead atoms. The molecule has 1 aliphatic rings. The van der Waals surface area contributed by atoms with Crippen LogP contribution in [0.2, 0.25) is 0 Å². The highest BCUT2D eigenvalue weighted by Crippen LogP contribution is 2.35. The van der Waals surface area contributed by atoms with Gasteiger partial charge in [-0.15, -0.1) is 0 Å². The Balaban J connectivity index is 2.44. The predicted molar refractivity (Wildman–Crippen MR) is 67.0 cm³/mol. The van der Waals surface area contributed by atoms with E-state index in [1.807, 2.05) is 13.0 Å². The summed E-state index contributed by atoms with van der Waals surface area (Å²) in [4.78, 5) is 9.22. The minimum Gasteiger partial charge on any atom is -0.387 e. The molecule has 2 aromatic heterocycles. The summed E-state index contributed by atoms with van der Waals surface area (Å²) in [6.07, 6.45) is 1.31. The van der Waals surface area contributed by atoms with Crippen LogP contribution in [0.3, 0.4) is 0 Å². The van der Waals surface area contributed by atoms with Gasteiger partial charge in [-0.05, 0) is 56.4 Å². The van der Waals surface area contributed by atoms with E-state index in [0.717, 1.165) is 40.8 Å². The van der Waals surface area contributed by atoms with Gasteiger partial charge in [-0.3, -0.25) is 4.98 Å². The number of pyridine rings is 2. The predicted octanol–water partition coefficient (Wildman–Crippen LogP) is 2.53. The van der Waals surface area contributed by atoms with Gasteiger partial charge >= 0.3 is 0 Å². The van der Waals surface area contributed by atoms with Crippen molar-refractivity contribution < 1.29 is 5.11 Å². The number of aryl methyl sites for hydroxylation is 3. The van der Waals surface area contributed by atoms with E-state index in [2.05, 4.69) is 23.8 Å². The molecule has 0 spiro atoms. The molecule has 0 amide bonds. The molecule has 0 saturated heterocycles. The maximum Gasteiger partial charge on any atom is 0.0966 e. The smallest absolute Gasteiger partial charge is 0.0966 e. The Morgan fingerprint density at radius 1 is 1.18 bits per heavy atom. The van der Waals surface area contributed by atoms with Gasteiger partial charge in [0, 0.05) is 5.69 Å². The van der Waals surface area contributed by atoms with Crippen LogP contribution < -0.4 is 0 Å². The van der Waals surface area contributed by atoms with Crippen molar-refractivity contribution in [3.63, 3.8) is 0 Å². The van der Waals surface area contributed by atoms with Crippen LogP contribution >= 0.6 is 0 Å². The van der Waals surface area contributed by atoms with Crippen LogP contribution in [0.5, 0.6) is 0 Å². The number of nitrogens with zero attached hydrogens (tertiary/aromatic N) is 2. The summed E-state index contributed by atoms with van der Waals surface area (Å²) in [6.45, 7) is 6.15. The molecule has 0 aromatic carbocycles. The molecular formula is C14H16N2O. The Labute approximate surface area is 101 Å². The second-order valence-electron chi connectivity index (χ2n) is 4.93. The van der Waals surface area contributed by atoms with Crippen molar-refractivity contribution in [2.45, 2.75) is 39.7 Å². The van der Waals surface area contributed by atoms with Crippen LogP contribution in [0.1, 0.15) is 40.6 Å². The molecule has 3 heteroatoms. The van der Waals surface area contributed by atoms with Crippen LogP contribution in [0, 0.1) is 20.8 Å². The van der Waals surface area contributed by atoms with Gasteiger partial charge in [-0.2, -0.15) is 0 Å². The number of aromatic nitrogens is 2. The third-order valence-corrected chi connectivity index (χ3v) is 3.64. The van der Waals surface area contributed by atoms with E-state index in [1.54, 1.807) is 0 Å². The second kappa shape index (κ2) is 3.50. The zero-order valence-electron chi connectivity index (χ0n) is 10.4. The zero-order valence-corrected chi connectivity index (χ0v) is 10.4. The molecule has 1 N–H and O–H groups in total. The highest BCUT2D eigenvalue weighted by atomic mass is 16.3. The standard InChI is InChI=1S/C14H16N2O/c1-7-6-8(2)15-13-9(3)10-4-5-11(17)14(10)16-12(7)13/h6,11,17H,4-5H2,1-3H3. The van der Waals surface area contributed by atoms with Gasteiger partial charge < -0.3 is 5.11 Å². The van der Waals surface area contributed by atoms with Crippen molar-refractivity contribution in [1.29, 1.82) is 0 Å². The fourth-order valence-electron chi connectivity index (χ4n) is 2.76. The van der Waals surface area contributed by atoms with Crippen LogP contribution in [-0.4, -0.2) is 15.1 Å². The fraction of sp³-hybridized carbons (Fsp3) is 0.429. The molecule has 3 rings (SSSR count). The number of aliphatic hydroxyl groups is 1. The van der Waals surface area contributed by atoms with E-state index >= 15 is 0 Å². The molecule has 1 unspecified atom stereocenters. The molecule has 1 atom stereocenters. The van der Waals surface area contributed by atoms with Crippen LogP contribution in [-0.2, 0) is 6.42 Å². The molecule has 3 nitrogen and oxygen atoms in total. The van der Waals surface area contributed by atoms with Crippen molar-refractivity contribution >= 4 is 11.0 Å². The number of fused-ring (bicyclic) bond motifs is 2. The molecule has 0 saturated carbocycles. The first-order valence-corrected chi connectivity index (χ1v) is 6.03. The Morgan fingerprint density at radius 3 is 2.71 bits per heavy atom. The molecular weight excluding hydrogens is 212 g/mol. The first-order chi connectivity index (χ1) is 8.08. The highest BCUT2D eigenvalue weighted by Gasteiger charge is 2.25. The number of hydrogen-bond donors (Lipinski definition) is 1. The van der Waals surface area contributed by atoms with Crippen molar-refractivity contribution in [3.8, 4) is 0 Å². The lowest BCUT2D eigenvalue weighted by Gasteiger charge is -2.11. The summed E-state index contributed by atoms with van der Waals surface area (Å²) in [7, 11) is 0. The van der Waals surface area contributed by atoms with Crippen LogP contribution in [0.15, 0.2) is 6.07 Å². The zero-order chi connectivity index (χ0) is 12.2. The Kier molecular flexibility index (Phi) is 2.20. The van der Waals surface area contributed by atoms with Gasteiger partial charge in [0.05, 0.1) is 22.8 Å². The van der Waals surface area contributed by atoms with Crippen molar-refractivity contribution in [2.75, 3.05) is 0 Å². The van der Waals surface area contributed by atoms with Crippen molar-refractivity contribution in [2.24, 2.45) is 0 Å². The number of hydrogen-bond acceptors (Lipinski definition) is 3. The lowest BCUT2D eigenvalue weighted by Crippen LogP contribution is -2.01. The van der Waals surface area contributed by atoms with Gasteiger partial charge in [-0.1, -0.05) is 0 Å². The molecule has 0 radical (unpaired) electrons. The summed E-state index contributed by atoms with van der Waals surface area (Å²) < 4.78 is 0. The Hall–Kier alpha value is -1.48. The fourth-order valence-corrected chi connectivity index (χ4v) is 2.76. The molecule has 88 valence electrons. The average Bonchev–Trinajstić information content (AvgIpc) is 2.63. The van der Waals surface area contributed by atoms with Crippen molar-refractivity contribution in [1.82, 2.24) is 9.97 Å². The Bertz CT molecular complexity index is 619. The van der Waals surface area contributed by atoms with Gasteiger partial charge in [0.25, 0.3) is 0 Å². The summed E-state index contributed by atoms with van der Waals surface area (Å²) in [6, 6.07) is 2.04. The largest absolute Gasteiger partial charge is 0.387 e. The first-order valence-electron chi connectivity index (χ1n) is 6.03. The average molecular weight is 228 g/mol. The number of rotatable bonds is 0. The van der Waals surface area contributed by atoms with E-state index in [4.69, 9.17) is 0 Å². The molecule has 17 heavy (non-hydrogen) atoms. The maximum absolute atomic E-state index is 9.93.